The predicted molar refractivity (Wildman–Crippen MR) is 99.7 cm³/mol. The molecule has 0 bridgehead atoms. The highest BCUT2D eigenvalue weighted by molar-refractivity contribution is 6.34. The molecule has 5 nitrogen and oxygen atoms in total. The number of nitrogens with two attached hydrogens (primary N) is 1. The maximum Gasteiger partial charge on any atom is 0.255 e. The molecule has 1 aromatic carbocycles. The van der Waals surface area contributed by atoms with Gasteiger partial charge in [-0.3, -0.25) is 9.59 Å². The van der Waals surface area contributed by atoms with Crippen LogP contribution in [0.1, 0.15) is 55.8 Å². The van der Waals surface area contributed by atoms with E-state index in [9.17, 15) is 9.59 Å². The van der Waals surface area contributed by atoms with Gasteiger partial charge in [-0.05, 0) is 63.6 Å². The predicted octanol–water partition coefficient (Wildman–Crippen LogP) is 3.42. The van der Waals surface area contributed by atoms with Crippen LogP contribution >= 0.6 is 11.6 Å². The Morgan fingerprint density at radius 3 is 2.68 bits per heavy atom. The summed E-state index contributed by atoms with van der Waals surface area (Å²) in [6.45, 7) is 2.85. The molecule has 0 spiro atoms. The quantitative estimate of drug-likeness (QED) is 0.863. The van der Waals surface area contributed by atoms with E-state index < -0.39 is 0 Å². The van der Waals surface area contributed by atoms with E-state index in [-0.39, 0.29) is 29.8 Å². The first-order chi connectivity index (χ1) is 12.0. The Kier molecular flexibility index (Phi) is 5.64. The number of amides is 2. The summed E-state index contributed by atoms with van der Waals surface area (Å²) in [6.07, 6.45) is 5.66. The zero-order valence-electron chi connectivity index (χ0n) is 14.6. The lowest BCUT2D eigenvalue weighted by atomic mass is 10.0. The maximum absolute atomic E-state index is 12.7. The fourth-order valence-corrected chi connectivity index (χ4v) is 4.08. The van der Waals surface area contributed by atoms with Gasteiger partial charge in [-0.25, -0.2) is 0 Å². The van der Waals surface area contributed by atoms with Crippen molar-refractivity contribution in [2.45, 2.75) is 57.5 Å². The largest absolute Gasteiger partial charge is 0.336 e. The zero-order chi connectivity index (χ0) is 18.0. The van der Waals surface area contributed by atoms with Crippen LogP contribution in [0.4, 0.5) is 5.69 Å². The van der Waals surface area contributed by atoms with Crippen LogP contribution in [-0.4, -0.2) is 35.3 Å². The number of carbonyl (C=O) groups is 2. The molecule has 3 N–H and O–H groups in total. The number of halogens is 1. The smallest absolute Gasteiger partial charge is 0.255 e. The summed E-state index contributed by atoms with van der Waals surface area (Å²) in [6, 6.07) is 5.48. The third kappa shape index (κ3) is 4.15. The molecule has 1 heterocycles. The first-order valence-electron chi connectivity index (χ1n) is 9.12. The molecule has 2 aliphatic rings. The van der Waals surface area contributed by atoms with Crippen LogP contribution in [-0.2, 0) is 4.79 Å². The highest BCUT2D eigenvalue weighted by Crippen LogP contribution is 2.28. The average Bonchev–Trinajstić information content (AvgIpc) is 3.01. The first-order valence-corrected chi connectivity index (χ1v) is 9.50. The van der Waals surface area contributed by atoms with Gasteiger partial charge in [0.25, 0.3) is 5.91 Å². The standard InChI is InChI=1S/C19H26ClN3O2/c1-12-4-2-3-9-23(12)19(25)16-8-7-15(11-17(16)20)22-18(24)13-5-6-14(21)10-13/h7-8,11-14H,2-6,9-10,21H2,1H3,(H,22,24). The molecule has 25 heavy (non-hydrogen) atoms. The highest BCUT2D eigenvalue weighted by Gasteiger charge is 2.28. The van der Waals surface area contributed by atoms with E-state index in [4.69, 9.17) is 17.3 Å². The van der Waals surface area contributed by atoms with Gasteiger partial charge in [-0.1, -0.05) is 11.6 Å². The molecule has 1 saturated heterocycles. The number of carbonyl (C=O) groups excluding carboxylic acids is 2. The summed E-state index contributed by atoms with van der Waals surface area (Å²) in [5, 5.41) is 3.27. The number of rotatable bonds is 3. The van der Waals surface area contributed by atoms with Crippen molar-refractivity contribution in [3.05, 3.63) is 28.8 Å². The Labute approximate surface area is 153 Å². The van der Waals surface area contributed by atoms with Crippen LogP contribution < -0.4 is 11.1 Å². The van der Waals surface area contributed by atoms with Crippen molar-refractivity contribution in [3.8, 4) is 0 Å². The van der Waals surface area contributed by atoms with Crippen molar-refractivity contribution in [2.24, 2.45) is 11.7 Å². The van der Waals surface area contributed by atoms with Crippen molar-refractivity contribution in [3.63, 3.8) is 0 Å². The molecule has 0 radical (unpaired) electrons. The molecular formula is C19H26ClN3O2. The van der Waals surface area contributed by atoms with Crippen LogP contribution in [0.2, 0.25) is 5.02 Å². The molecule has 1 aliphatic heterocycles. The lowest BCUT2D eigenvalue weighted by Crippen LogP contribution is -2.42. The van der Waals surface area contributed by atoms with Gasteiger partial charge in [0.2, 0.25) is 5.91 Å². The van der Waals surface area contributed by atoms with Gasteiger partial charge >= 0.3 is 0 Å². The minimum Gasteiger partial charge on any atom is -0.336 e. The minimum atomic E-state index is -0.0377. The van der Waals surface area contributed by atoms with Crippen molar-refractivity contribution < 1.29 is 9.59 Å². The summed E-state index contributed by atoms with van der Waals surface area (Å²) < 4.78 is 0. The third-order valence-corrected chi connectivity index (χ3v) is 5.69. The SMILES string of the molecule is CC1CCCCN1C(=O)c1ccc(NC(=O)C2CCC(N)C2)cc1Cl. The second kappa shape index (κ2) is 7.75. The second-order valence-electron chi connectivity index (χ2n) is 7.30. The van der Waals surface area contributed by atoms with Crippen molar-refractivity contribution in [1.82, 2.24) is 4.90 Å². The molecule has 2 fully saturated rings. The second-order valence-corrected chi connectivity index (χ2v) is 7.70. The van der Waals surface area contributed by atoms with Crippen LogP contribution in [0.25, 0.3) is 0 Å². The number of anilines is 1. The Morgan fingerprint density at radius 1 is 1.24 bits per heavy atom. The molecule has 1 aromatic rings. The van der Waals surface area contributed by atoms with Crippen LogP contribution in [0.15, 0.2) is 18.2 Å². The fourth-order valence-electron chi connectivity index (χ4n) is 3.82. The molecule has 3 unspecified atom stereocenters. The van der Waals surface area contributed by atoms with Gasteiger partial charge in [0.15, 0.2) is 0 Å². The normalized spacial score (nSPS) is 26.5. The van der Waals surface area contributed by atoms with Crippen molar-refractivity contribution in [2.75, 3.05) is 11.9 Å². The van der Waals surface area contributed by atoms with Gasteiger partial charge in [-0.2, -0.15) is 0 Å². The summed E-state index contributed by atoms with van der Waals surface area (Å²) in [5.74, 6) is -0.0890. The van der Waals surface area contributed by atoms with Crippen molar-refractivity contribution >= 4 is 29.1 Å². The van der Waals surface area contributed by atoms with Crippen molar-refractivity contribution in [1.29, 1.82) is 0 Å². The number of piperidine rings is 1. The first kappa shape index (κ1) is 18.2. The molecule has 6 heteroatoms. The monoisotopic (exact) mass is 363 g/mol. The van der Waals surface area contributed by atoms with E-state index in [1.807, 2.05) is 4.90 Å². The zero-order valence-corrected chi connectivity index (χ0v) is 15.4. The Morgan fingerprint density at radius 2 is 2.04 bits per heavy atom. The molecule has 1 aliphatic carbocycles. The summed E-state index contributed by atoms with van der Waals surface area (Å²) in [7, 11) is 0. The Bertz CT molecular complexity index is 664. The fraction of sp³-hybridized carbons (Fsp3) is 0.579. The molecule has 136 valence electrons. The van der Waals surface area contributed by atoms with Crippen LogP contribution in [0.5, 0.6) is 0 Å². The Balaban J connectivity index is 1.68. The van der Waals surface area contributed by atoms with E-state index in [0.717, 1.165) is 45.1 Å². The number of likely N-dealkylation sites (tertiary alicyclic amines) is 1. The number of benzene rings is 1. The van der Waals surface area contributed by atoms with Gasteiger partial charge < -0.3 is 16.0 Å². The van der Waals surface area contributed by atoms with E-state index in [1.165, 1.54) is 0 Å². The maximum atomic E-state index is 12.7. The summed E-state index contributed by atoms with van der Waals surface area (Å²) in [4.78, 5) is 26.9. The van der Waals surface area contributed by atoms with Gasteiger partial charge in [-0.15, -0.1) is 0 Å². The number of hydrogen-bond acceptors (Lipinski definition) is 3. The van der Waals surface area contributed by atoms with Gasteiger partial charge in [0, 0.05) is 30.2 Å². The molecule has 2 amide bonds. The number of nitrogens with zero attached hydrogens (tertiary/aromatic N) is 1. The van der Waals surface area contributed by atoms with E-state index >= 15 is 0 Å². The van der Waals surface area contributed by atoms with Gasteiger partial charge in [0.1, 0.15) is 0 Å². The lowest BCUT2D eigenvalue weighted by Gasteiger charge is -2.33. The third-order valence-electron chi connectivity index (χ3n) is 5.37. The van der Waals surface area contributed by atoms with Crippen LogP contribution in [0, 0.1) is 5.92 Å². The van der Waals surface area contributed by atoms with Crippen LogP contribution in [0.3, 0.4) is 0 Å². The molecule has 1 saturated carbocycles. The average molecular weight is 364 g/mol. The Hall–Kier alpha value is -1.59. The van der Waals surface area contributed by atoms with E-state index in [1.54, 1.807) is 18.2 Å². The summed E-state index contributed by atoms with van der Waals surface area (Å²) in [5.41, 5.74) is 6.99. The molecule has 0 aromatic heterocycles. The molecular weight excluding hydrogens is 338 g/mol. The number of hydrogen-bond donors (Lipinski definition) is 2. The minimum absolute atomic E-state index is 0.0206. The summed E-state index contributed by atoms with van der Waals surface area (Å²) >= 11 is 6.34. The molecule has 3 atom stereocenters. The number of nitrogens with one attached hydrogen (secondary N) is 1. The van der Waals surface area contributed by atoms with Gasteiger partial charge in [0.05, 0.1) is 10.6 Å². The highest BCUT2D eigenvalue weighted by atomic mass is 35.5. The molecule has 3 rings (SSSR count). The van der Waals surface area contributed by atoms with E-state index in [0.29, 0.717) is 16.3 Å². The van der Waals surface area contributed by atoms with E-state index in [2.05, 4.69) is 12.2 Å². The topological polar surface area (TPSA) is 75.4 Å². The lowest BCUT2D eigenvalue weighted by molar-refractivity contribution is -0.119.